The molecule has 20 heavy (non-hydrogen) atoms. The quantitative estimate of drug-likeness (QED) is 0.875. The monoisotopic (exact) mass is 267 g/mol. The van der Waals surface area contributed by atoms with Crippen molar-refractivity contribution >= 4 is 5.69 Å². The maximum atomic E-state index is 5.22. The lowest BCUT2D eigenvalue weighted by molar-refractivity contribution is 0.414. The van der Waals surface area contributed by atoms with Gasteiger partial charge in [-0.1, -0.05) is 43.2 Å². The summed E-state index contributed by atoms with van der Waals surface area (Å²) in [6.07, 6.45) is 4.97. The Hall–Kier alpha value is -1.96. The Balaban J connectivity index is 1.87. The van der Waals surface area contributed by atoms with Crippen LogP contribution in [0.5, 0.6) is 5.75 Å². The zero-order chi connectivity index (χ0) is 13.8. The van der Waals surface area contributed by atoms with Gasteiger partial charge in [0.25, 0.3) is 0 Å². The van der Waals surface area contributed by atoms with Gasteiger partial charge in [0.05, 0.1) is 12.6 Å². The van der Waals surface area contributed by atoms with Gasteiger partial charge >= 0.3 is 0 Å². The molecule has 1 saturated carbocycles. The van der Waals surface area contributed by atoms with Crippen LogP contribution in [0.25, 0.3) is 0 Å². The molecular weight excluding hydrogens is 246 g/mol. The van der Waals surface area contributed by atoms with Crippen molar-refractivity contribution in [2.75, 3.05) is 12.4 Å². The molecule has 0 radical (unpaired) electrons. The number of ether oxygens (including phenoxy) is 1. The third kappa shape index (κ3) is 2.51. The van der Waals surface area contributed by atoms with Gasteiger partial charge in [-0.3, -0.25) is 0 Å². The summed E-state index contributed by atoms with van der Waals surface area (Å²) in [5, 5.41) is 3.77. The predicted octanol–water partition coefficient (Wildman–Crippen LogP) is 4.58. The summed E-state index contributed by atoms with van der Waals surface area (Å²) in [7, 11) is 1.70. The van der Waals surface area contributed by atoms with Gasteiger partial charge in [-0.15, -0.1) is 0 Å². The van der Waals surface area contributed by atoms with Crippen LogP contribution in [0.15, 0.2) is 54.6 Å². The first-order chi connectivity index (χ1) is 9.82. The second kappa shape index (κ2) is 5.58. The van der Waals surface area contributed by atoms with Crippen molar-refractivity contribution < 1.29 is 4.74 Å². The van der Waals surface area contributed by atoms with Gasteiger partial charge in [0, 0.05) is 5.69 Å². The third-order valence-corrected chi connectivity index (χ3v) is 4.26. The number of hydrogen-bond acceptors (Lipinski definition) is 2. The number of benzene rings is 2. The summed E-state index contributed by atoms with van der Waals surface area (Å²) in [6.45, 7) is 0. The molecule has 1 N–H and O–H groups in total. The molecule has 2 aromatic rings. The molecule has 1 fully saturated rings. The van der Waals surface area contributed by atoms with Crippen LogP contribution in [-0.4, -0.2) is 7.11 Å². The van der Waals surface area contributed by atoms with E-state index in [9.17, 15) is 0 Å². The molecule has 0 atom stereocenters. The number of nitrogens with one attached hydrogen (secondary N) is 1. The molecule has 0 heterocycles. The summed E-state index contributed by atoms with van der Waals surface area (Å²) in [6, 6.07) is 19.0. The van der Waals surface area contributed by atoms with Crippen LogP contribution in [0, 0.1) is 0 Å². The zero-order valence-electron chi connectivity index (χ0n) is 11.9. The maximum Gasteiger partial charge on any atom is 0.119 e. The molecule has 104 valence electrons. The largest absolute Gasteiger partial charge is 0.497 e. The Morgan fingerprint density at radius 3 is 2.15 bits per heavy atom. The molecule has 0 bridgehead atoms. The van der Waals surface area contributed by atoms with E-state index in [2.05, 4.69) is 47.8 Å². The van der Waals surface area contributed by atoms with Crippen molar-refractivity contribution in [1.29, 1.82) is 0 Å². The average molecular weight is 267 g/mol. The molecule has 2 nitrogen and oxygen atoms in total. The van der Waals surface area contributed by atoms with E-state index in [1.165, 1.54) is 31.2 Å². The molecule has 0 spiro atoms. The Morgan fingerprint density at radius 2 is 1.55 bits per heavy atom. The van der Waals surface area contributed by atoms with Gasteiger partial charge < -0.3 is 10.1 Å². The Morgan fingerprint density at radius 1 is 0.900 bits per heavy atom. The van der Waals surface area contributed by atoms with Crippen molar-refractivity contribution in [2.45, 2.75) is 31.2 Å². The minimum atomic E-state index is 0.0931. The molecular formula is C18H21NO. The number of anilines is 1. The smallest absolute Gasteiger partial charge is 0.119 e. The molecule has 2 aromatic carbocycles. The highest BCUT2D eigenvalue weighted by Crippen LogP contribution is 2.41. The molecule has 1 aliphatic rings. The molecule has 0 aliphatic heterocycles. The van der Waals surface area contributed by atoms with Crippen LogP contribution in [0.2, 0.25) is 0 Å². The SMILES string of the molecule is COc1ccc(NC2(c3ccccc3)CCCC2)cc1. The third-order valence-electron chi connectivity index (χ3n) is 4.26. The van der Waals surface area contributed by atoms with Crippen LogP contribution < -0.4 is 10.1 Å². The first-order valence-electron chi connectivity index (χ1n) is 7.30. The van der Waals surface area contributed by atoms with E-state index >= 15 is 0 Å². The van der Waals surface area contributed by atoms with E-state index in [-0.39, 0.29) is 5.54 Å². The lowest BCUT2D eigenvalue weighted by Gasteiger charge is -2.32. The highest BCUT2D eigenvalue weighted by molar-refractivity contribution is 5.50. The van der Waals surface area contributed by atoms with Crippen molar-refractivity contribution in [1.82, 2.24) is 0 Å². The summed E-state index contributed by atoms with van der Waals surface area (Å²) in [4.78, 5) is 0. The van der Waals surface area contributed by atoms with E-state index in [0.717, 1.165) is 11.4 Å². The first-order valence-corrected chi connectivity index (χ1v) is 7.30. The second-order valence-corrected chi connectivity index (χ2v) is 5.51. The van der Waals surface area contributed by atoms with E-state index in [1.807, 2.05) is 12.1 Å². The second-order valence-electron chi connectivity index (χ2n) is 5.51. The van der Waals surface area contributed by atoms with Crippen molar-refractivity contribution in [2.24, 2.45) is 0 Å². The standard InChI is InChI=1S/C18H21NO/c1-20-17-11-9-16(10-12-17)19-18(13-5-6-14-18)15-7-3-2-4-8-15/h2-4,7-12,19H,5-6,13-14H2,1H3. The number of rotatable bonds is 4. The molecule has 3 rings (SSSR count). The Kier molecular flexibility index (Phi) is 3.64. The number of hydrogen-bond donors (Lipinski definition) is 1. The van der Waals surface area contributed by atoms with Gasteiger partial charge in [0.1, 0.15) is 5.75 Å². The van der Waals surface area contributed by atoms with Crippen LogP contribution >= 0.6 is 0 Å². The lowest BCUT2D eigenvalue weighted by Crippen LogP contribution is -2.31. The minimum Gasteiger partial charge on any atom is -0.497 e. The Labute approximate surface area is 120 Å². The van der Waals surface area contributed by atoms with Crippen LogP contribution in [0.3, 0.4) is 0 Å². The molecule has 1 aliphatic carbocycles. The fourth-order valence-electron chi connectivity index (χ4n) is 3.17. The first kappa shape index (κ1) is 13.0. The fourth-order valence-corrected chi connectivity index (χ4v) is 3.17. The molecule has 0 amide bonds. The molecule has 0 aromatic heterocycles. The predicted molar refractivity (Wildman–Crippen MR) is 83.2 cm³/mol. The summed E-state index contributed by atoms with van der Waals surface area (Å²) < 4.78 is 5.22. The average Bonchev–Trinajstić information content (AvgIpc) is 2.99. The molecule has 2 heteroatoms. The van der Waals surface area contributed by atoms with Crippen LogP contribution in [0.1, 0.15) is 31.2 Å². The lowest BCUT2D eigenvalue weighted by atomic mass is 9.88. The van der Waals surface area contributed by atoms with Gasteiger partial charge in [0.15, 0.2) is 0 Å². The van der Waals surface area contributed by atoms with Crippen LogP contribution in [-0.2, 0) is 5.54 Å². The fraction of sp³-hybridized carbons (Fsp3) is 0.333. The summed E-state index contributed by atoms with van der Waals surface area (Å²) in [5.41, 5.74) is 2.65. The highest BCUT2D eigenvalue weighted by atomic mass is 16.5. The van der Waals surface area contributed by atoms with E-state index in [4.69, 9.17) is 4.74 Å². The zero-order valence-corrected chi connectivity index (χ0v) is 11.9. The number of methoxy groups -OCH3 is 1. The summed E-state index contributed by atoms with van der Waals surface area (Å²) in [5.74, 6) is 0.899. The van der Waals surface area contributed by atoms with Gasteiger partial charge in [0.2, 0.25) is 0 Å². The van der Waals surface area contributed by atoms with E-state index in [0.29, 0.717) is 0 Å². The van der Waals surface area contributed by atoms with E-state index in [1.54, 1.807) is 7.11 Å². The summed E-state index contributed by atoms with van der Waals surface area (Å²) >= 11 is 0. The maximum absolute atomic E-state index is 5.22. The van der Waals surface area contributed by atoms with Gasteiger partial charge in [-0.25, -0.2) is 0 Å². The Bertz CT molecular complexity index is 541. The topological polar surface area (TPSA) is 21.3 Å². The highest BCUT2D eigenvalue weighted by Gasteiger charge is 2.35. The van der Waals surface area contributed by atoms with Gasteiger partial charge in [-0.05, 0) is 42.7 Å². The molecule has 0 unspecified atom stereocenters. The van der Waals surface area contributed by atoms with Crippen molar-refractivity contribution in [3.8, 4) is 5.75 Å². The minimum absolute atomic E-state index is 0.0931. The van der Waals surface area contributed by atoms with Crippen molar-refractivity contribution in [3.05, 3.63) is 60.2 Å². The van der Waals surface area contributed by atoms with E-state index < -0.39 is 0 Å². The normalized spacial score (nSPS) is 16.9. The van der Waals surface area contributed by atoms with Crippen molar-refractivity contribution in [3.63, 3.8) is 0 Å². The van der Waals surface area contributed by atoms with Crippen LogP contribution in [0.4, 0.5) is 5.69 Å². The van der Waals surface area contributed by atoms with Gasteiger partial charge in [-0.2, -0.15) is 0 Å². The molecule has 0 saturated heterocycles.